The molecule has 1 aliphatic carbocycles. The summed E-state index contributed by atoms with van der Waals surface area (Å²) in [6.07, 6.45) is 1.96. The van der Waals surface area contributed by atoms with Gasteiger partial charge in [-0.15, -0.1) is 0 Å². The molecule has 3 rings (SSSR count). The minimum atomic E-state index is 0.154. The molecule has 0 aliphatic heterocycles. The molecule has 4 heteroatoms. The zero-order valence-corrected chi connectivity index (χ0v) is 10.7. The van der Waals surface area contributed by atoms with Gasteiger partial charge in [-0.2, -0.15) is 4.98 Å². The Morgan fingerprint density at radius 2 is 2.28 bits per heavy atom. The number of nitrogens with zero attached hydrogens (tertiary/aromatic N) is 2. The first-order valence-corrected chi connectivity index (χ1v) is 6.42. The second-order valence-corrected chi connectivity index (χ2v) is 4.70. The highest BCUT2D eigenvalue weighted by molar-refractivity contribution is 5.43. The van der Waals surface area contributed by atoms with Crippen LogP contribution in [0.5, 0.6) is 0 Å². The molecule has 0 amide bonds. The first kappa shape index (κ1) is 11.4. The van der Waals surface area contributed by atoms with E-state index in [0.29, 0.717) is 11.8 Å². The lowest BCUT2D eigenvalue weighted by Gasteiger charge is -2.27. The van der Waals surface area contributed by atoms with E-state index in [0.717, 1.165) is 18.7 Å². The fraction of sp³-hybridized carbons (Fsp3) is 0.429. The van der Waals surface area contributed by atoms with Crippen LogP contribution in [0.2, 0.25) is 0 Å². The third-order valence-corrected chi connectivity index (χ3v) is 3.68. The molecule has 1 aliphatic rings. The minimum absolute atomic E-state index is 0.154. The Morgan fingerprint density at radius 3 is 3.00 bits per heavy atom. The van der Waals surface area contributed by atoms with Crippen LogP contribution in [0.4, 0.5) is 0 Å². The molecule has 0 radical (unpaired) electrons. The number of hydrogen-bond donors (Lipinski definition) is 1. The average molecular weight is 243 g/mol. The summed E-state index contributed by atoms with van der Waals surface area (Å²) >= 11 is 0. The quantitative estimate of drug-likeness (QED) is 0.896. The molecule has 4 nitrogen and oxygen atoms in total. The third-order valence-electron chi connectivity index (χ3n) is 3.68. The van der Waals surface area contributed by atoms with Crippen molar-refractivity contribution in [2.75, 3.05) is 7.05 Å². The molecule has 1 N–H and O–H groups in total. The Labute approximate surface area is 106 Å². The number of rotatable bonds is 4. The SMILES string of the molecule is CCC(NC)c1nc(C2Cc3ccccc32)no1. The fourth-order valence-corrected chi connectivity index (χ4v) is 2.52. The van der Waals surface area contributed by atoms with Gasteiger partial charge < -0.3 is 9.84 Å². The van der Waals surface area contributed by atoms with E-state index < -0.39 is 0 Å². The van der Waals surface area contributed by atoms with E-state index in [2.05, 4.69) is 46.6 Å². The van der Waals surface area contributed by atoms with Gasteiger partial charge in [0.25, 0.3) is 0 Å². The molecule has 2 aromatic rings. The zero-order chi connectivity index (χ0) is 12.5. The second-order valence-electron chi connectivity index (χ2n) is 4.70. The van der Waals surface area contributed by atoms with Crippen LogP contribution < -0.4 is 5.32 Å². The van der Waals surface area contributed by atoms with E-state index in [1.807, 2.05) is 7.05 Å². The van der Waals surface area contributed by atoms with Gasteiger partial charge in [-0.25, -0.2) is 0 Å². The minimum Gasteiger partial charge on any atom is -0.338 e. The molecular formula is C14H17N3O. The van der Waals surface area contributed by atoms with Gasteiger partial charge in [0.1, 0.15) is 0 Å². The topological polar surface area (TPSA) is 51.0 Å². The van der Waals surface area contributed by atoms with Crippen molar-refractivity contribution < 1.29 is 4.52 Å². The number of aromatic nitrogens is 2. The number of fused-ring (bicyclic) bond motifs is 1. The van der Waals surface area contributed by atoms with Crippen molar-refractivity contribution in [3.8, 4) is 0 Å². The van der Waals surface area contributed by atoms with Crippen LogP contribution >= 0.6 is 0 Å². The van der Waals surface area contributed by atoms with E-state index in [1.165, 1.54) is 11.1 Å². The summed E-state index contributed by atoms with van der Waals surface area (Å²) in [6.45, 7) is 2.10. The third kappa shape index (κ3) is 1.73. The van der Waals surface area contributed by atoms with Gasteiger partial charge >= 0.3 is 0 Å². The van der Waals surface area contributed by atoms with Gasteiger partial charge in [0.2, 0.25) is 5.89 Å². The Balaban J connectivity index is 1.84. The molecule has 1 aromatic heterocycles. The van der Waals surface area contributed by atoms with Gasteiger partial charge in [0.15, 0.2) is 5.82 Å². The molecule has 0 saturated carbocycles. The van der Waals surface area contributed by atoms with Gasteiger partial charge in [0.05, 0.1) is 12.0 Å². The average Bonchev–Trinajstić information content (AvgIpc) is 2.82. The molecular weight excluding hydrogens is 226 g/mol. The Kier molecular flexibility index (Phi) is 2.88. The summed E-state index contributed by atoms with van der Waals surface area (Å²) in [7, 11) is 1.91. The number of nitrogens with one attached hydrogen (secondary N) is 1. The standard InChI is InChI=1S/C14H17N3O/c1-3-12(15-2)14-16-13(17-18-14)11-8-9-6-4-5-7-10(9)11/h4-7,11-12,15H,3,8H2,1-2H3. The molecule has 0 bridgehead atoms. The molecule has 2 unspecified atom stereocenters. The molecule has 2 atom stereocenters. The van der Waals surface area contributed by atoms with E-state index >= 15 is 0 Å². The number of hydrogen-bond acceptors (Lipinski definition) is 4. The first-order chi connectivity index (χ1) is 8.83. The molecule has 18 heavy (non-hydrogen) atoms. The monoisotopic (exact) mass is 243 g/mol. The number of benzene rings is 1. The predicted molar refractivity (Wildman–Crippen MR) is 68.4 cm³/mol. The van der Waals surface area contributed by atoms with Crippen molar-refractivity contribution in [1.82, 2.24) is 15.5 Å². The summed E-state index contributed by atoms with van der Waals surface area (Å²) in [5.41, 5.74) is 2.73. The highest BCUT2D eigenvalue weighted by Crippen LogP contribution is 2.38. The lowest BCUT2D eigenvalue weighted by molar-refractivity contribution is 0.329. The maximum Gasteiger partial charge on any atom is 0.243 e. The zero-order valence-electron chi connectivity index (χ0n) is 10.7. The Bertz CT molecular complexity index is 545. The normalized spacial score (nSPS) is 19.1. The molecule has 0 fully saturated rings. The first-order valence-electron chi connectivity index (χ1n) is 6.42. The fourth-order valence-electron chi connectivity index (χ4n) is 2.52. The van der Waals surface area contributed by atoms with Gasteiger partial charge in [0, 0.05) is 0 Å². The maximum atomic E-state index is 5.36. The van der Waals surface area contributed by atoms with E-state index in [4.69, 9.17) is 4.52 Å². The summed E-state index contributed by atoms with van der Waals surface area (Å²) in [6, 6.07) is 8.60. The highest BCUT2D eigenvalue weighted by atomic mass is 16.5. The second kappa shape index (κ2) is 4.53. The van der Waals surface area contributed by atoms with Crippen LogP contribution in [0.15, 0.2) is 28.8 Å². The van der Waals surface area contributed by atoms with Crippen LogP contribution in [0.25, 0.3) is 0 Å². The largest absolute Gasteiger partial charge is 0.338 e. The van der Waals surface area contributed by atoms with Gasteiger partial charge in [-0.3, -0.25) is 0 Å². The maximum absolute atomic E-state index is 5.36. The molecule has 94 valence electrons. The van der Waals surface area contributed by atoms with Crippen LogP contribution in [0, 0.1) is 0 Å². The molecule has 0 saturated heterocycles. The predicted octanol–water partition coefficient (Wildman–Crippen LogP) is 2.43. The lowest BCUT2D eigenvalue weighted by Crippen LogP contribution is -2.20. The Hall–Kier alpha value is -1.68. The van der Waals surface area contributed by atoms with Crippen LogP contribution in [-0.4, -0.2) is 17.2 Å². The molecule has 1 aromatic carbocycles. The van der Waals surface area contributed by atoms with E-state index in [-0.39, 0.29) is 6.04 Å². The van der Waals surface area contributed by atoms with Gasteiger partial charge in [-0.1, -0.05) is 36.3 Å². The summed E-state index contributed by atoms with van der Waals surface area (Å²) in [5, 5.41) is 7.31. The van der Waals surface area contributed by atoms with E-state index in [9.17, 15) is 0 Å². The van der Waals surface area contributed by atoms with Crippen LogP contribution in [-0.2, 0) is 6.42 Å². The highest BCUT2D eigenvalue weighted by Gasteiger charge is 2.31. The van der Waals surface area contributed by atoms with Crippen molar-refractivity contribution in [2.45, 2.75) is 31.7 Å². The van der Waals surface area contributed by atoms with E-state index in [1.54, 1.807) is 0 Å². The Morgan fingerprint density at radius 1 is 1.44 bits per heavy atom. The smallest absolute Gasteiger partial charge is 0.243 e. The van der Waals surface area contributed by atoms with Crippen molar-refractivity contribution in [3.63, 3.8) is 0 Å². The van der Waals surface area contributed by atoms with Crippen molar-refractivity contribution in [1.29, 1.82) is 0 Å². The van der Waals surface area contributed by atoms with Crippen LogP contribution in [0.1, 0.15) is 48.1 Å². The van der Waals surface area contributed by atoms with Crippen LogP contribution in [0.3, 0.4) is 0 Å². The molecule has 0 spiro atoms. The molecule has 1 heterocycles. The lowest BCUT2D eigenvalue weighted by atomic mass is 9.77. The van der Waals surface area contributed by atoms with Crippen molar-refractivity contribution >= 4 is 0 Å². The summed E-state index contributed by atoms with van der Waals surface area (Å²) in [5.74, 6) is 1.82. The summed E-state index contributed by atoms with van der Waals surface area (Å²) in [4.78, 5) is 4.53. The van der Waals surface area contributed by atoms with Gasteiger partial charge in [-0.05, 0) is 31.0 Å². The van der Waals surface area contributed by atoms with Crippen molar-refractivity contribution in [3.05, 3.63) is 47.1 Å². The van der Waals surface area contributed by atoms with Crippen molar-refractivity contribution in [2.24, 2.45) is 0 Å². The summed E-state index contributed by atoms with van der Waals surface area (Å²) < 4.78 is 5.36.